The van der Waals surface area contributed by atoms with Gasteiger partial charge in [0.2, 0.25) is 0 Å². The van der Waals surface area contributed by atoms with Crippen molar-refractivity contribution in [3.8, 4) is 11.3 Å². The molecule has 0 atom stereocenters. The molecule has 16 heavy (non-hydrogen) atoms. The van der Waals surface area contributed by atoms with E-state index in [1.54, 1.807) is 0 Å². The van der Waals surface area contributed by atoms with Crippen LogP contribution in [0.3, 0.4) is 0 Å². The van der Waals surface area contributed by atoms with Gasteiger partial charge in [0.15, 0.2) is 0 Å². The van der Waals surface area contributed by atoms with Crippen molar-refractivity contribution in [1.82, 2.24) is 10.2 Å². The van der Waals surface area contributed by atoms with E-state index in [0.717, 1.165) is 22.1 Å². The summed E-state index contributed by atoms with van der Waals surface area (Å²) in [5.74, 6) is 0.914. The Morgan fingerprint density at radius 1 is 1.31 bits per heavy atom. The number of H-pyrrole nitrogens is 1. The van der Waals surface area contributed by atoms with Crippen LogP contribution in [0.5, 0.6) is 0 Å². The summed E-state index contributed by atoms with van der Waals surface area (Å²) in [7, 11) is 0. The SMILES string of the molecule is Clc1cccc(-c2cc(NC3CC3)n[nH]2)c1. The average molecular weight is 234 g/mol. The van der Waals surface area contributed by atoms with Gasteiger partial charge in [0.25, 0.3) is 0 Å². The van der Waals surface area contributed by atoms with E-state index < -0.39 is 0 Å². The third kappa shape index (κ3) is 2.04. The third-order valence-electron chi connectivity index (χ3n) is 2.64. The Kier molecular flexibility index (Phi) is 2.33. The number of benzene rings is 1. The van der Waals surface area contributed by atoms with Gasteiger partial charge in [-0.15, -0.1) is 0 Å². The van der Waals surface area contributed by atoms with E-state index in [1.807, 2.05) is 30.3 Å². The molecule has 0 radical (unpaired) electrons. The van der Waals surface area contributed by atoms with E-state index in [4.69, 9.17) is 11.6 Å². The lowest BCUT2D eigenvalue weighted by Crippen LogP contribution is -2.00. The number of nitrogens with zero attached hydrogens (tertiary/aromatic N) is 1. The normalized spacial score (nSPS) is 15.1. The monoisotopic (exact) mass is 233 g/mol. The van der Waals surface area contributed by atoms with E-state index in [2.05, 4.69) is 15.5 Å². The molecule has 0 saturated heterocycles. The van der Waals surface area contributed by atoms with Gasteiger partial charge in [-0.05, 0) is 25.0 Å². The van der Waals surface area contributed by atoms with Gasteiger partial charge in [-0.3, -0.25) is 5.10 Å². The van der Waals surface area contributed by atoms with Crippen molar-refractivity contribution in [1.29, 1.82) is 0 Å². The Labute approximate surface area is 98.8 Å². The van der Waals surface area contributed by atoms with Crippen LogP contribution in [0, 0.1) is 0 Å². The Hall–Kier alpha value is -1.48. The van der Waals surface area contributed by atoms with Gasteiger partial charge in [-0.1, -0.05) is 23.7 Å². The zero-order valence-corrected chi connectivity index (χ0v) is 9.46. The maximum Gasteiger partial charge on any atom is 0.148 e. The lowest BCUT2D eigenvalue weighted by molar-refractivity contribution is 1.05. The third-order valence-corrected chi connectivity index (χ3v) is 2.88. The van der Waals surface area contributed by atoms with Gasteiger partial charge >= 0.3 is 0 Å². The van der Waals surface area contributed by atoms with Crippen LogP contribution < -0.4 is 5.32 Å². The molecule has 1 saturated carbocycles. The summed E-state index contributed by atoms with van der Waals surface area (Å²) < 4.78 is 0. The second-order valence-corrected chi connectivity index (χ2v) is 4.53. The van der Waals surface area contributed by atoms with Crippen molar-refractivity contribution in [3.63, 3.8) is 0 Å². The van der Waals surface area contributed by atoms with Crippen molar-refractivity contribution in [3.05, 3.63) is 35.4 Å². The summed E-state index contributed by atoms with van der Waals surface area (Å²) in [4.78, 5) is 0. The minimum absolute atomic E-state index is 0.621. The highest BCUT2D eigenvalue weighted by atomic mass is 35.5. The summed E-state index contributed by atoms with van der Waals surface area (Å²) in [6.07, 6.45) is 2.50. The molecule has 1 aliphatic rings. The Morgan fingerprint density at radius 3 is 2.94 bits per heavy atom. The van der Waals surface area contributed by atoms with Crippen molar-refractivity contribution in [2.45, 2.75) is 18.9 Å². The number of hydrogen-bond donors (Lipinski definition) is 2. The van der Waals surface area contributed by atoms with Gasteiger partial charge in [0.1, 0.15) is 5.82 Å². The van der Waals surface area contributed by atoms with E-state index in [0.29, 0.717) is 6.04 Å². The quantitative estimate of drug-likeness (QED) is 0.854. The first-order valence-corrected chi connectivity index (χ1v) is 5.77. The van der Waals surface area contributed by atoms with Crippen molar-refractivity contribution >= 4 is 17.4 Å². The van der Waals surface area contributed by atoms with Crippen molar-refractivity contribution in [2.24, 2.45) is 0 Å². The first kappa shape index (κ1) is 9.73. The van der Waals surface area contributed by atoms with Crippen molar-refractivity contribution in [2.75, 3.05) is 5.32 Å². The molecule has 0 unspecified atom stereocenters. The number of aromatic nitrogens is 2. The Bertz CT molecular complexity index is 502. The first-order valence-electron chi connectivity index (χ1n) is 5.39. The Morgan fingerprint density at radius 2 is 2.19 bits per heavy atom. The standard InChI is InChI=1S/C12H12ClN3/c13-9-3-1-2-8(6-9)11-7-12(16-15-11)14-10-4-5-10/h1-3,6-7,10H,4-5H2,(H2,14,15,16). The molecule has 3 nitrogen and oxygen atoms in total. The van der Waals surface area contributed by atoms with Crippen LogP contribution in [0.15, 0.2) is 30.3 Å². The predicted octanol–water partition coefficient (Wildman–Crippen LogP) is 3.30. The molecule has 0 aliphatic heterocycles. The highest BCUT2D eigenvalue weighted by Crippen LogP contribution is 2.27. The van der Waals surface area contributed by atoms with Crippen LogP contribution >= 0.6 is 11.6 Å². The smallest absolute Gasteiger partial charge is 0.148 e. The number of hydrogen-bond acceptors (Lipinski definition) is 2. The molecule has 1 aliphatic carbocycles. The molecule has 2 aromatic rings. The van der Waals surface area contributed by atoms with E-state index in [9.17, 15) is 0 Å². The summed E-state index contributed by atoms with van der Waals surface area (Å²) in [5.41, 5.74) is 2.05. The average Bonchev–Trinajstić information content (AvgIpc) is 2.94. The molecule has 3 rings (SSSR count). The molecule has 82 valence electrons. The van der Waals surface area contributed by atoms with E-state index in [-0.39, 0.29) is 0 Å². The van der Waals surface area contributed by atoms with Crippen LogP contribution in [0.2, 0.25) is 5.02 Å². The molecule has 4 heteroatoms. The largest absolute Gasteiger partial charge is 0.366 e. The van der Waals surface area contributed by atoms with Gasteiger partial charge < -0.3 is 5.32 Å². The van der Waals surface area contributed by atoms with E-state index >= 15 is 0 Å². The fraction of sp³-hybridized carbons (Fsp3) is 0.250. The summed E-state index contributed by atoms with van der Waals surface area (Å²) in [5, 5.41) is 11.3. The van der Waals surface area contributed by atoms with Crippen LogP contribution in [0.4, 0.5) is 5.82 Å². The fourth-order valence-electron chi connectivity index (χ4n) is 1.64. The lowest BCUT2D eigenvalue weighted by Gasteiger charge is -1.97. The molecule has 1 heterocycles. The number of anilines is 1. The number of aromatic amines is 1. The van der Waals surface area contributed by atoms with Crippen LogP contribution in [-0.2, 0) is 0 Å². The zero-order chi connectivity index (χ0) is 11.0. The highest BCUT2D eigenvalue weighted by Gasteiger charge is 2.21. The minimum Gasteiger partial charge on any atom is -0.366 e. The second kappa shape index (κ2) is 3.83. The summed E-state index contributed by atoms with van der Waals surface area (Å²) in [6, 6.07) is 10.4. The molecule has 1 aromatic carbocycles. The first-order chi connectivity index (χ1) is 7.81. The molecule has 0 bridgehead atoms. The number of rotatable bonds is 3. The molecule has 2 N–H and O–H groups in total. The van der Waals surface area contributed by atoms with Crippen LogP contribution in [0.25, 0.3) is 11.3 Å². The van der Waals surface area contributed by atoms with Crippen LogP contribution in [-0.4, -0.2) is 16.2 Å². The fourth-order valence-corrected chi connectivity index (χ4v) is 1.83. The maximum atomic E-state index is 5.95. The topological polar surface area (TPSA) is 40.7 Å². The van der Waals surface area contributed by atoms with Gasteiger partial charge in [0.05, 0.1) is 5.69 Å². The maximum absolute atomic E-state index is 5.95. The molecule has 0 spiro atoms. The number of halogens is 1. The predicted molar refractivity (Wildman–Crippen MR) is 65.7 cm³/mol. The van der Waals surface area contributed by atoms with Crippen LogP contribution in [0.1, 0.15) is 12.8 Å². The zero-order valence-electron chi connectivity index (χ0n) is 8.70. The van der Waals surface area contributed by atoms with Gasteiger partial charge in [-0.25, -0.2) is 0 Å². The number of nitrogens with one attached hydrogen (secondary N) is 2. The van der Waals surface area contributed by atoms with Crippen molar-refractivity contribution < 1.29 is 0 Å². The Balaban J connectivity index is 1.85. The van der Waals surface area contributed by atoms with E-state index in [1.165, 1.54) is 12.8 Å². The highest BCUT2D eigenvalue weighted by molar-refractivity contribution is 6.30. The molecular formula is C12H12ClN3. The summed E-state index contributed by atoms with van der Waals surface area (Å²) in [6.45, 7) is 0. The molecule has 0 amide bonds. The molecular weight excluding hydrogens is 222 g/mol. The second-order valence-electron chi connectivity index (χ2n) is 4.10. The van der Waals surface area contributed by atoms with Gasteiger partial charge in [0, 0.05) is 22.7 Å². The molecule has 1 aromatic heterocycles. The minimum atomic E-state index is 0.621. The van der Waals surface area contributed by atoms with Gasteiger partial charge in [-0.2, -0.15) is 5.10 Å². The lowest BCUT2D eigenvalue weighted by atomic mass is 10.1. The molecule has 1 fully saturated rings. The summed E-state index contributed by atoms with van der Waals surface area (Å²) >= 11 is 5.95.